The maximum atomic E-state index is 5.47. The first-order valence-corrected chi connectivity index (χ1v) is 6.44. The topological polar surface area (TPSA) is 36.9 Å². The van der Waals surface area contributed by atoms with E-state index in [1.807, 2.05) is 0 Å². The van der Waals surface area contributed by atoms with Crippen LogP contribution in [0.2, 0.25) is 0 Å². The molecular weight excluding hydrogens is 220 g/mol. The number of ether oxygens (including phenoxy) is 4. The number of hydrogen-bond donors (Lipinski definition) is 0. The lowest BCUT2D eigenvalue weighted by molar-refractivity contribution is -0.134. The van der Waals surface area contributed by atoms with Gasteiger partial charge in [0, 0.05) is 40.0 Å². The largest absolute Gasteiger partial charge is 0.381 e. The van der Waals surface area contributed by atoms with Crippen molar-refractivity contribution in [1.82, 2.24) is 0 Å². The third-order valence-electron chi connectivity index (χ3n) is 2.13. The molecule has 0 aromatic carbocycles. The first-order valence-electron chi connectivity index (χ1n) is 6.44. The van der Waals surface area contributed by atoms with Crippen molar-refractivity contribution < 1.29 is 18.9 Å². The van der Waals surface area contributed by atoms with Crippen LogP contribution in [-0.4, -0.2) is 46.4 Å². The smallest absolute Gasteiger partial charge is 0.159 e. The first kappa shape index (κ1) is 16.8. The van der Waals surface area contributed by atoms with Crippen LogP contribution in [0.5, 0.6) is 0 Å². The van der Waals surface area contributed by atoms with Crippen LogP contribution < -0.4 is 0 Å². The van der Waals surface area contributed by atoms with Gasteiger partial charge in [0.05, 0.1) is 6.61 Å². The van der Waals surface area contributed by atoms with Crippen LogP contribution in [0.3, 0.4) is 0 Å². The predicted octanol–water partition coefficient (Wildman–Crippen LogP) is 2.42. The van der Waals surface area contributed by atoms with Gasteiger partial charge in [-0.2, -0.15) is 0 Å². The van der Waals surface area contributed by atoms with E-state index in [0.717, 1.165) is 45.5 Å². The van der Waals surface area contributed by atoms with Gasteiger partial charge in [-0.15, -0.1) is 0 Å². The van der Waals surface area contributed by atoms with Crippen LogP contribution >= 0.6 is 0 Å². The quantitative estimate of drug-likeness (QED) is 0.370. The van der Waals surface area contributed by atoms with E-state index in [1.165, 1.54) is 0 Å². The molecule has 0 aliphatic rings. The summed E-state index contributed by atoms with van der Waals surface area (Å²) in [6.45, 7) is 9.45. The van der Waals surface area contributed by atoms with E-state index in [0.29, 0.717) is 13.2 Å². The molecule has 0 saturated heterocycles. The standard InChI is InChI=1S/C13H27O4/c1-4-8-15-10-6-11-16-12-7-13(14-3)17-9-5-2/h13H,2,4-12H2,1,3H3. The second-order valence-electron chi connectivity index (χ2n) is 3.76. The molecule has 0 fully saturated rings. The van der Waals surface area contributed by atoms with Gasteiger partial charge in [-0.25, -0.2) is 0 Å². The lowest BCUT2D eigenvalue weighted by Crippen LogP contribution is -2.18. The Bertz CT molecular complexity index is 141. The van der Waals surface area contributed by atoms with Gasteiger partial charge in [0.2, 0.25) is 0 Å². The van der Waals surface area contributed by atoms with E-state index in [1.54, 1.807) is 7.11 Å². The number of rotatable bonds is 13. The van der Waals surface area contributed by atoms with Crippen LogP contribution in [0.25, 0.3) is 0 Å². The van der Waals surface area contributed by atoms with Gasteiger partial charge in [-0.1, -0.05) is 13.8 Å². The zero-order chi connectivity index (χ0) is 12.8. The monoisotopic (exact) mass is 247 g/mol. The summed E-state index contributed by atoms with van der Waals surface area (Å²) in [6, 6.07) is 0. The highest BCUT2D eigenvalue weighted by Gasteiger charge is 2.06. The molecule has 0 aromatic heterocycles. The van der Waals surface area contributed by atoms with Gasteiger partial charge in [0.15, 0.2) is 6.29 Å². The van der Waals surface area contributed by atoms with Crippen molar-refractivity contribution in [3.8, 4) is 0 Å². The maximum Gasteiger partial charge on any atom is 0.159 e. The highest BCUT2D eigenvalue weighted by molar-refractivity contribution is 4.46. The summed E-state index contributed by atoms with van der Waals surface area (Å²) in [7, 11) is 1.65. The van der Waals surface area contributed by atoms with E-state index in [-0.39, 0.29) is 6.29 Å². The van der Waals surface area contributed by atoms with Gasteiger partial charge in [-0.05, 0) is 19.3 Å². The van der Waals surface area contributed by atoms with Crippen LogP contribution in [0.15, 0.2) is 0 Å². The van der Waals surface area contributed by atoms with Crippen molar-refractivity contribution in [3.63, 3.8) is 0 Å². The molecule has 1 radical (unpaired) electrons. The molecule has 0 saturated carbocycles. The zero-order valence-electron chi connectivity index (χ0n) is 11.3. The fraction of sp³-hybridized carbons (Fsp3) is 0.923. The highest BCUT2D eigenvalue weighted by atomic mass is 16.7. The molecule has 4 nitrogen and oxygen atoms in total. The second kappa shape index (κ2) is 13.9. The van der Waals surface area contributed by atoms with E-state index in [2.05, 4.69) is 13.8 Å². The van der Waals surface area contributed by atoms with Crippen LogP contribution in [-0.2, 0) is 18.9 Å². The molecular formula is C13H27O4. The summed E-state index contributed by atoms with van der Waals surface area (Å²) >= 11 is 0. The minimum Gasteiger partial charge on any atom is -0.381 e. The second-order valence-corrected chi connectivity index (χ2v) is 3.76. The van der Waals surface area contributed by atoms with E-state index >= 15 is 0 Å². The molecule has 0 rings (SSSR count). The molecule has 17 heavy (non-hydrogen) atoms. The Morgan fingerprint density at radius 3 is 2.29 bits per heavy atom. The van der Waals surface area contributed by atoms with Crippen LogP contribution in [0, 0.1) is 6.92 Å². The van der Waals surface area contributed by atoms with Crippen LogP contribution in [0.1, 0.15) is 32.6 Å². The van der Waals surface area contributed by atoms with Crippen molar-refractivity contribution in [2.24, 2.45) is 0 Å². The number of methoxy groups -OCH3 is 1. The summed E-state index contributed by atoms with van der Waals surface area (Å²) in [5.41, 5.74) is 0. The summed E-state index contributed by atoms with van der Waals surface area (Å²) in [6.07, 6.45) is 3.35. The lowest BCUT2D eigenvalue weighted by Gasteiger charge is -2.15. The fourth-order valence-corrected chi connectivity index (χ4v) is 1.28. The van der Waals surface area contributed by atoms with Gasteiger partial charge >= 0.3 is 0 Å². The number of hydrogen-bond acceptors (Lipinski definition) is 4. The van der Waals surface area contributed by atoms with Crippen molar-refractivity contribution in [3.05, 3.63) is 6.92 Å². The Balaban J connectivity index is 3.19. The SMILES string of the molecule is [CH2]CCOC(CCOCCCOCCC)OC. The molecule has 0 bridgehead atoms. The Labute approximate surface area is 106 Å². The van der Waals surface area contributed by atoms with Gasteiger partial charge in [-0.3, -0.25) is 0 Å². The molecule has 4 heteroatoms. The minimum absolute atomic E-state index is 0.173. The molecule has 0 aliphatic heterocycles. The molecule has 1 unspecified atom stereocenters. The molecule has 0 amide bonds. The van der Waals surface area contributed by atoms with Crippen molar-refractivity contribution in [2.75, 3.05) is 40.1 Å². The molecule has 1 atom stereocenters. The van der Waals surface area contributed by atoms with Gasteiger partial charge in [0.25, 0.3) is 0 Å². The van der Waals surface area contributed by atoms with E-state index in [4.69, 9.17) is 18.9 Å². The summed E-state index contributed by atoms with van der Waals surface area (Å²) < 4.78 is 21.4. The van der Waals surface area contributed by atoms with Crippen molar-refractivity contribution in [2.45, 2.75) is 38.9 Å². The van der Waals surface area contributed by atoms with Crippen molar-refractivity contribution in [1.29, 1.82) is 0 Å². The molecule has 0 N–H and O–H groups in total. The summed E-state index contributed by atoms with van der Waals surface area (Å²) in [5, 5.41) is 0. The molecule has 0 aromatic rings. The molecule has 103 valence electrons. The fourth-order valence-electron chi connectivity index (χ4n) is 1.28. The third-order valence-corrected chi connectivity index (χ3v) is 2.13. The maximum absolute atomic E-state index is 5.47. The molecule has 0 heterocycles. The molecule has 0 spiro atoms. The Morgan fingerprint density at radius 2 is 1.71 bits per heavy atom. The summed E-state index contributed by atoms with van der Waals surface area (Å²) in [4.78, 5) is 0. The summed E-state index contributed by atoms with van der Waals surface area (Å²) in [5.74, 6) is 0. The average molecular weight is 247 g/mol. The lowest BCUT2D eigenvalue weighted by atomic mass is 10.4. The first-order chi connectivity index (χ1) is 8.35. The Morgan fingerprint density at radius 1 is 1.00 bits per heavy atom. The van der Waals surface area contributed by atoms with Gasteiger partial charge in [0.1, 0.15) is 0 Å². The van der Waals surface area contributed by atoms with E-state index < -0.39 is 0 Å². The Hall–Kier alpha value is -0.160. The average Bonchev–Trinajstić information content (AvgIpc) is 2.36. The Kier molecular flexibility index (Phi) is 13.8. The predicted molar refractivity (Wildman–Crippen MR) is 67.9 cm³/mol. The van der Waals surface area contributed by atoms with Crippen LogP contribution in [0.4, 0.5) is 0 Å². The third kappa shape index (κ3) is 12.1. The van der Waals surface area contributed by atoms with Gasteiger partial charge < -0.3 is 18.9 Å². The van der Waals surface area contributed by atoms with E-state index in [9.17, 15) is 0 Å². The minimum atomic E-state index is -0.173. The van der Waals surface area contributed by atoms with Crippen molar-refractivity contribution >= 4 is 0 Å². The highest BCUT2D eigenvalue weighted by Crippen LogP contribution is 2.01. The molecule has 0 aliphatic carbocycles. The normalized spacial score (nSPS) is 12.9. The zero-order valence-corrected chi connectivity index (χ0v) is 11.3.